The molecule has 2 aliphatic heterocycles. The summed E-state index contributed by atoms with van der Waals surface area (Å²) in [6.45, 7) is 10.2. The largest absolute Gasteiger partial charge is 0.387 e. The van der Waals surface area contributed by atoms with Gasteiger partial charge in [0.15, 0.2) is 0 Å². The number of nitrogens with zero attached hydrogens (tertiary/aromatic N) is 4. The Morgan fingerprint density at radius 2 is 1.74 bits per heavy atom. The first-order valence-electron chi connectivity index (χ1n) is 12.9. The molecule has 0 unspecified atom stereocenters. The maximum atomic E-state index is 4.84. The van der Waals surface area contributed by atoms with Crippen LogP contribution in [0.5, 0.6) is 0 Å². The third kappa shape index (κ3) is 6.01. The molecule has 2 aliphatic rings. The minimum absolute atomic E-state index is 0.612. The molecule has 0 radical (unpaired) electrons. The van der Waals surface area contributed by atoms with Crippen LogP contribution in [-0.4, -0.2) is 41.0 Å². The number of anilines is 3. The van der Waals surface area contributed by atoms with Crippen molar-refractivity contribution in [2.45, 2.75) is 45.2 Å². The van der Waals surface area contributed by atoms with Gasteiger partial charge in [0.1, 0.15) is 0 Å². The number of likely N-dealkylation sites (tertiary alicyclic amines) is 1. The maximum Gasteiger partial charge on any atom is 0.227 e. The smallest absolute Gasteiger partial charge is 0.227 e. The van der Waals surface area contributed by atoms with Gasteiger partial charge in [-0.05, 0) is 92.9 Å². The lowest BCUT2D eigenvalue weighted by Gasteiger charge is -2.31. The number of rotatable bonds is 9. The Morgan fingerprint density at radius 1 is 0.914 bits per heavy atom. The molecule has 1 aromatic heterocycles. The van der Waals surface area contributed by atoms with Gasteiger partial charge in [0, 0.05) is 49.3 Å². The van der Waals surface area contributed by atoms with Gasteiger partial charge in [0.05, 0.1) is 5.69 Å². The molecule has 3 heterocycles. The number of hydrogen-bond donors (Lipinski definition) is 2. The minimum atomic E-state index is 0.612. The fourth-order valence-corrected chi connectivity index (χ4v) is 5.17. The molecule has 0 atom stereocenters. The lowest BCUT2D eigenvalue weighted by molar-refractivity contribution is 0.331. The van der Waals surface area contributed by atoms with Crippen molar-refractivity contribution in [2.24, 2.45) is 0 Å². The van der Waals surface area contributed by atoms with E-state index in [1.807, 2.05) is 12.3 Å². The molecule has 2 fully saturated rings. The highest BCUT2D eigenvalue weighted by molar-refractivity contribution is 5.66. The Bertz CT molecular complexity index is 1130. The second-order valence-corrected chi connectivity index (χ2v) is 9.55. The molecular formula is C29H36N6. The van der Waals surface area contributed by atoms with Crippen LogP contribution in [-0.2, 0) is 13.1 Å². The topological polar surface area (TPSA) is 56.3 Å². The average Bonchev–Trinajstić information content (AvgIpc) is 3.41. The lowest BCUT2D eigenvalue weighted by Crippen LogP contribution is -2.30. The number of nitrogens with one attached hydrogen (secondary N) is 2. The van der Waals surface area contributed by atoms with Crippen LogP contribution < -0.4 is 15.5 Å². The quantitative estimate of drug-likeness (QED) is 0.420. The summed E-state index contributed by atoms with van der Waals surface area (Å²) in [5, 5.41) is 6.70. The third-order valence-electron chi connectivity index (χ3n) is 6.95. The third-order valence-corrected chi connectivity index (χ3v) is 6.95. The molecule has 2 aromatic carbocycles. The van der Waals surface area contributed by atoms with E-state index in [1.165, 1.54) is 62.0 Å². The zero-order chi connectivity index (χ0) is 23.9. The van der Waals surface area contributed by atoms with Crippen LogP contribution in [0.2, 0.25) is 0 Å². The van der Waals surface area contributed by atoms with Gasteiger partial charge in [0.2, 0.25) is 5.95 Å². The van der Waals surface area contributed by atoms with E-state index < -0.39 is 0 Å². The summed E-state index contributed by atoms with van der Waals surface area (Å²) in [7, 11) is 0. The number of benzene rings is 2. The Labute approximate surface area is 209 Å². The number of piperidine rings is 1. The van der Waals surface area contributed by atoms with Gasteiger partial charge < -0.3 is 15.5 Å². The summed E-state index contributed by atoms with van der Waals surface area (Å²) in [5.74, 6) is 0.612. The van der Waals surface area contributed by atoms with Crippen molar-refractivity contribution in [1.29, 1.82) is 0 Å². The summed E-state index contributed by atoms with van der Waals surface area (Å²) in [6.07, 6.45) is 10.0. The van der Waals surface area contributed by atoms with E-state index in [0.29, 0.717) is 5.95 Å². The first-order chi connectivity index (χ1) is 17.3. The summed E-state index contributed by atoms with van der Waals surface area (Å²) in [5.41, 5.74) is 6.95. The van der Waals surface area contributed by atoms with Crippen LogP contribution in [0.1, 0.15) is 43.2 Å². The van der Waals surface area contributed by atoms with E-state index >= 15 is 0 Å². The van der Waals surface area contributed by atoms with Crippen LogP contribution in [0.25, 0.3) is 11.3 Å². The van der Waals surface area contributed by atoms with Crippen molar-refractivity contribution in [3.63, 3.8) is 0 Å². The van der Waals surface area contributed by atoms with Crippen molar-refractivity contribution in [3.05, 3.63) is 78.6 Å². The molecule has 6 heteroatoms. The Morgan fingerprint density at radius 3 is 2.57 bits per heavy atom. The van der Waals surface area contributed by atoms with Crippen molar-refractivity contribution < 1.29 is 0 Å². The second-order valence-electron chi connectivity index (χ2n) is 9.55. The standard InChI is InChI=1S/C29H36N6/c1-2-30-21-25-20-26(11-12-28(25)35-17-4-3-5-18-35)32-29-31-14-13-27(33-29)24-10-8-9-23(19-24)22-34-15-6-7-16-34/h2,8-14,19-20,30H,1,3-7,15-18,21-22H2,(H,31,32,33). The minimum Gasteiger partial charge on any atom is -0.387 e. The van der Waals surface area contributed by atoms with E-state index in [4.69, 9.17) is 4.98 Å². The highest BCUT2D eigenvalue weighted by atomic mass is 15.1. The molecule has 2 N–H and O–H groups in total. The second kappa shape index (κ2) is 11.4. The van der Waals surface area contributed by atoms with Crippen LogP contribution in [0.4, 0.5) is 17.3 Å². The zero-order valence-corrected chi connectivity index (χ0v) is 20.5. The van der Waals surface area contributed by atoms with Gasteiger partial charge >= 0.3 is 0 Å². The predicted octanol–water partition coefficient (Wildman–Crippen LogP) is 5.71. The van der Waals surface area contributed by atoms with Gasteiger partial charge in [0.25, 0.3) is 0 Å². The van der Waals surface area contributed by atoms with Crippen LogP contribution in [0.3, 0.4) is 0 Å². The molecule has 182 valence electrons. The average molecular weight is 469 g/mol. The summed E-state index contributed by atoms with van der Waals surface area (Å²) < 4.78 is 0. The highest BCUT2D eigenvalue weighted by Crippen LogP contribution is 2.29. The van der Waals surface area contributed by atoms with E-state index in [1.54, 1.807) is 6.20 Å². The van der Waals surface area contributed by atoms with Crippen LogP contribution >= 0.6 is 0 Å². The van der Waals surface area contributed by atoms with Crippen molar-refractivity contribution >= 4 is 17.3 Å². The Balaban J connectivity index is 1.34. The summed E-state index contributed by atoms with van der Waals surface area (Å²) >= 11 is 0. The SMILES string of the molecule is C=CNCc1cc(Nc2nccc(-c3cccc(CN4CCCC4)c3)n2)ccc1N1CCCCC1. The van der Waals surface area contributed by atoms with Gasteiger partial charge in [-0.25, -0.2) is 9.97 Å². The van der Waals surface area contributed by atoms with Crippen molar-refractivity contribution in [2.75, 3.05) is 36.4 Å². The normalized spacial score (nSPS) is 16.3. The van der Waals surface area contributed by atoms with Gasteiger partial charge in [-0.1, -0.05) is 24.8 Å². The summed E-state index contributed by atoms with van der Waals surface area (Å²) in [4.78, 5) is 14.4. The first-order valence-corrected chi connectivity index (χ1v) is 12.9. The van der Waals surface area contributed by atoms with Crippen LogP contribution in [0, 0.1) is 0 Å². The maximum absolute atomic E-state index is 4.84. The van der Waals surface area contributed by atoms with E-state index in [2.05, 4.69) is 74.5 Å². The molecule has 0 aliphatic carbocycles. The Kier molecular flexibility index (Phi) is 7.59. The molecular weight excluding hydrogens is 432 g/mol. The van der Waals surface area contributed by atoms with Gasteiger partial charge in [-0.15, -0.1) is 0 Å². The Hall–Kier alpha value is -3.38. The molecule has 0 amide bonds. The van der Waals surface area contributed by atoms with Crippen molar-refractivity contribution in [1.82, 2.24) is 20.2 Å². The number of aromatic nitrogens is 2. The van der Waals surface area contributed by atoms with Gasteiger partial charge in [-0.3, -0.25) is 4.90 Å². The first kappa shape index (κ1) is 23.4. The van der Waals surface area contributed by atoms with Crippen molar-refractivity contribution in [3.8, 4) is 11.3 Å². The molecule has 0 spiro atoms. The highest BCUT2D eigenvalue weighted by Gasteiger charge is 2.16. The predicted molar refractivity (Wildman–Crippen MR) is 145 cm³/mol. The monoisotopic (exact) mass is 468 g/mol. The van der Waals surface area contributed by atoms with Gasteiger partial charge in [-0.2, -0.15) is 0 Å². The van der Waals surface area contributed by atoms with Crippen LogP contribution in [0.15, 0.2) is 67.5 Å². The molecule has 5 rings (SSSR count). The fourth-order valence-electron chi connectivity index (χ4n) is 5.17. The molecule has 3 aromatic rings. The number of hydrogen-bond acceptors (Lipinski definition) is 6. The molecule has 35 heavy (non-hydrogen) atoms. The fraction of sp³-hybridized carbons (Fsp3) is 0.379. The molecule has 0 saturated carbocycles. The molecule has 0 bridgehead atoms. The molecule has 2 saturated heterocycles. The zero-order valence-electron chi connectivity index (χ0n) is 20.5. The lowest BCUT2D eigenvalue weighted by atomic mass is 10.1. The molecule has 6 nitrogen and oxygen atoms in total. The van der Waals surface area contributed by atoms with E-state index in [9.17, 15) is 0 Å². The van der Waals surface area contributed by atoms with E-state index in [-0.39, 0.29) is 0 Å². The summed E-state index contributed by atoms with van der Waals surface area (Å²) in [6, 6.07) is 17.3. The van der Waals surface area contributed by atoms with E-state index in [0.717, 1.165) is 43.1 Å².